The molecule has 1 aromatic carbocycles. The van der Waals surface area contributed by atoms with Crippen molar-refractivity contribution in [1.82, 2.24) is 4.90 Å². The second-order valence-corrected chi connectivity index (χ2v) is 4.81. The van der Waals surface area contributed by atoms with Gasteiger partial charge in [0.05, 0.1) is 16.8 Å². The zero-order valence-corrected chi connectivity index (χ0v) is 11.6. The van der Waals surface area contributed by atoms with Crippen molar-refractivity contribution in [2.24, 2.45) is 0 Å². The number of nitrogens with zero attached hydrogens (tertiary/aromatic N) is 1. The third kappa shape index (κ3) is 2.90. The van der Waals surface area contributed by atoms with E-state index in [-0.39, 0.29) is 5.91 Å². The molecule has 19 heavy (non-hydrogen) atoms. The first-order valence-corrected chi connectivity index (χ1v) is 6.20. The van der Waals surface area contributed by atoms with Gasteiger partial charge in [-0.3, -0.25) is 4.79 Å². The van der Waals surface area contributed by atoms with Crippen LogP contribution in [0.5, 0.6) is 0 Å². The Bertz CT molecular complexity index is 607. The van der Waals surface area contributed by atoms with E-state index in [0.717, 1.165) is 11.3 Å². The maximum Gasteiger partial charge on any atom is 0.255 e. The number of benzene rings is 1. The molecule has 5 heteroatoms. The van der Waals surface area contributed by atoms with E-state index < -0.39 is 0 Å². The molecule has 4 nitrogen and oxygen atoms in total. The van der Waals surface area contributed by atoms with Gasteiger partial charge in [-0.15, -0.1) is 0 Å². The summed E-state index contributed by atoms with van der Waals surface area (Å²) < 4.78 is 5.21. The maximum absolute atomic E-state index is 12.3. The summed E-state index contributed by atoms with van der Waals surface area (Å²) in [6, 6.07) is 6.73. The van der Waals surface area contributed by atoms with Crippen LogP contribution in [0, 0.1) is 6.92 Å². The highest BCUT2D eigenvalue weighted by Crippen LogP contribution is 2.21. The molecule has 0 aliphatic rings. The number of carbonyl (C=O) groups excluding carboxylic acids is 1. The number of carbonyl (C=O) groups is 1. The third-order valence-electron chi connectivity index (χ3n) is 2.94. The van der Waals surface area contributed by atoms with E-state index in [0.29, 0.717) is 22.8 Å². The van der Waals surface area contributed by atoms with Crippen LogP contribution in [0.4, 0.5) is 5.69 Å². The van der Waals surface area contributed by atoms with Gasteiger partial charge in [0.25, 0.3) is 5.91 Å². The van der Waals surface area contributed by atoms with Gasteiger partial charge in [-0.05, 0) is 31.2 Å². The third-order valence-corrected chi connectivity index (χ3v) is 3.27. The summed E-state index contributed by atoms with van der Waals surface area (Å²) in [6.07, 6.45) is 1.61. The van der Waals surface area contributed by atoms with E-state index in [9.17, 15) is 4.79 Å². The second kappa shape index (κ2) is 5.36. The summed E-state index contributed by atoms with van der Waals surface area (Å²) in [7, 11) is 1.72. The van der Waals surface area contributed by atoms with Crippen molar-refractivity contribution in [1.29, 1.82) is 0 Å². The minimum atomic E-state index is -0.169. The number of furan rings is 1. The number of aryl methyl sites for hydroxylation is 1. The molecule has 1 aromatic heterocycles. The summed E-state index contributed by atoms with van der Waals surface area (Å²) in [4.78, 5) is 13.9. The minimum Gasteiger partial charge on any atom is -0.469 e. The van der Waals surface area contributed by atoms with Crippen molar-refractivity contribution in [2.45, 2.75) is 13.5 Å². The Kier molecular flexibility index (Phi) is 3.81. The van der Waals surface area contributed by atoms with Gasteiger partial charge in [-0.1, -0.05) is 11.6 Å². The smallest absolute Gasteiger partial charge is 0.255 e. The number of amides is 1. The molecule has 0 radical (unpaired) electrons. The highest BCUT2D eigenvalue weighted by molar-refractivity contribution is 6.33. The number of rotatable bonds is 3. The molecule has 2 N–H and O–H groups in total. The Balaban J connectivity index is 2.19. The van der Waals surface area contributed by atoms with Crippen LogP contribution in [0.3, 0.4) is 0 Å². The molecular formula is C14H15ClN2O2. The molecule has 0 fully saturated rings. The van der Waals surface area contributed by atoms with Gasteiger partial charge < -0.3 is 15.1 Å². The van der Waals surface area contributed by atoms with E-state index >= 15 is 0 Å². The molecule has 0 atom stereocenters. The van der Waals surface area contributed by atoms with Crippen molar-refractivity contribution in [3.63, 3.8) is 0 Å². The summed E-state index contributed by atoms with van der Waals surface area (Å²) in [5.41, 5.74) is 7.57. The molecular weight excluding hydrogens is 264 g/mol. The van der Waals surface area contributed by atoms with E-state index in [2.05, 4.69) is 0 Å². The lowest BCUT2D eigenvalue weighted by Gasteiger charge is -2.17. The largest absolute Gasteiger partial charge is 0.469 e. The number of halogens is 1. The fourth-order valence-corrected chi connectivity index (χ4v) is 2.01. The quantitative estimate of drug-likeness (QED) is 0.878. The summed E-state index contributed by atoms with van der Waals surface area (Å²) in [6.45, 7) is 2.33. The molecule has 0 aliphatic heterocycles. The van der Waals surface area contributed by atoms with Crippen LogP contribution in [-0.2, 0) is 6.54 Å². The van der Waals surface area contributed by atoms with Crippen molar-refractivity contribution < 1.29 is 9.21 Å². The minimum absolute atomic E-state index is 0.169. The van der Waals surface area contributed by atoms with Crippen LogP contribution in [0.15, 0.2) is 34.9 Å². The zero-order valence-electron chi connectivity index (χ0n) is 10.8. The fraction of sp³-hybridized carbons (Fsp3) is 0.214. The highest BCUT2D eigenvalue weighted by Gasteiger charge is 2.17. The number of hydrogen-bond acceptors (Lipinski definition) is 3. The molecule has 0 saturated heterocycles. The van der Waals surface area contributed by atoms with Crippen LogP contribution in [0.1, 0.15) is 21.7 Å². The van der Waals surface area contributed by atoms with Gasteiger partial charge in [-0.2, -0.15) is 0 Å². The van der Waals surface area contributed by atoms with E-state index in [1.54, 1.807) is 36.4 Å². The van der Waals surface area contributed by atoms with Gasteiger partial charge in [0.1, 0.15) is 5.76 Å². The van der Waals surface area contributed by atoms with Gasteiger partial charge in [0.2, 0.25) is 0 Å². The van der Waals surface area contributed by atoms with Crippen LogP contribution >= 0.6 is 11.6 Å². The normalized spacial score (nSPS) is 10.5. The predicted molar refractivity (Wildman–Crippen MR) is 75.1 cm³/mol. The molecule has 0 bridgehead atoms. The number of hydrogen-bond donors (Lipinski definition) is 1. The van der Waals surface area contributed by atoms with Gasteiger partial charge >= 0.3 is 0 Å². The molecule has 0 saturated carbocycles. The first-order valence-electron chi connectivity index (χ1n) is 5.82. The van der Waals surface area contributed by atoms with E-state index in [4.69, 9.17) is 21.8 Å². The Morgan fingerprint density at radius 2 is 2.16 bits per heavy atom. The number of nitrogen functional groups attached to an aromatic ring is 1. The number of anilines is 1. The molecule has 0 aliphatic carbocycles. The SMILES string of the molecule is Cc1occc1CN(C)C(=O)c1cc(N)ccc1Cl. The highest BCUT2D eigenvalue weighted by atomic mass is 35.5. The van der Waals surface area contributed by atoms with Crippen LogP contribution in [0.2, 0.25) is 5.02 Å². The van der Waals surface area contributed by atoms with Crippen LogP contribution in [0.25, 0.3) is 0 Å². The monoisotopic (exact) mass is 278 g/mol. The zero-order chi connectivity index (χ0) is 14.0. The summed E-state index contributed by atoms with van der Waals surface area (Å²) in [5, 5.41) is 0.398. The van der Waals surface area contributed by atoms with Gasteiger partial charge in [0.15, 0.2) is 0 Å². The summed E-state index contributed by atoms with van der Waals surface area (Å²) >= 11 is 6.03. The van der Waals surface area contributed by atoms with Crippen molar-refractivity contribution in [2.75, 3.05) is 12.8 Å². The van der Waals surface area contributed by atoms with Crippen LogP contribution < -0.4 is 5.73 Å². The average Bonchev–Trinajstić information content (AvgIpc) is 2.77. The Morgan fingerprint density at radius 1 is 1.42 bits per heavy atom. The standard InChI is InChI=1S/C14H15ClN2O2/c1-9-10(5-6-19-9)8-17(2)14(18)12-7-11(16)3-4-13(12)15/h3-7H,8,16H2,1-2H3. The molecule has 1 heterocycles. The molecule has 100 valence electrons. The number of nitrogens with two attached hydrogens (primary N) is 1. The summed E-state index contributed by atoms with van der Waals surface area (Å²) in [5.74, 6) is 0.635. The predicted octanol–water partition coefficient (Wildman–Crippen LogP) is 3.10. The lowest BCUT2D eigenvalue weighted by molar-refractivity contribution is 0.0785. The fourth-order valence-electron chi connectivity index (χ4n) is 1.82. The van der Waals surface area contributed by atoms with E-state index in [1.165, 1.54) is 0 Å². The maximum atomic E-state index is 12.3. The Labute approximate surface area is 116 Å². The van der Waals surface area contributed by atoms with Gasteiger partial charge in [0, 0.05) is 24.8 Å². The van der Waals surface area contributed by atoms with Crippen molar-refractivity contribution in [3.8, 4) is 0 Å². The van der Waals surface area contributed by atoms with E-state index in [1.807, 2.05) is 13.0 Å². The first-order chi connectivity index (χ1) is 8.99. The topological polar surface area (TPSA) is 59.5 Å². The molecule has 0 spiro atoms. The molecule has 1 amide bonds. The second-order valence-electron chi connectivity index (χ2n) is 4.40. The molecule has 2 aromatic rings. The lowest BCUT2D eigenvalue weighted by atomic mass is 10.1. The molecule has 0 unspecified atom stereocenters. The average molecular weight is 279 g/mol. The Hall–Kier alpha value is -1.94. The van der Waals surface area contributed by atoms with Crippen LogP contribution in [-0.4, -0.2) is 17.9 Å². The van der Waals surface area contributed by atoms with Crippen molar-refractivity contribution >= 4 is 23.2 Å². The van der Waals surface area contributed by atoms with Crippen molar-refractivity contribution in [3.05, 3.63) is 52.4 Å². The Morgan fingerprint density at radius 3 is 2.79 bits per heavy atom. The first kappa shape index (κ1) is 13.5. The lowest BCUT2D eigenvalue weighted by Crippen LogP contribution is -2.26. The van der Waals surface area contributed by atoms with Gasteiger partial charge in [-0.25, -0.2) is 0 Å². The molecule has 2 rings (SSSR count).